The van der Waals surface area contributed by atoms with Crippen molar-refractivity contribution in [3.8, 4) is 0 Å². The number of nitrogens with zero attached hydrogens (tertiary/aromatic N) is 1. The second kappa shape index (κ2) is 7.49. The number of halogens is 7. The fourth-order valence-electron chi connectivity index (χ4n) is 0.871. The number of carbonyl (C=O) groups excluding carboxylic acids is 1. The Morgan fingerprint density at radius 1 is 1.14 bits per heavy atom. The molecule has 0 spiro atoms. The molecule has 0 radical (unpaired) electrons. The first kappa shape index (κ1) is 20.2. The molecule has 0 bridgehead atoms. The van der Waals surface area contributed by atoms with Crippen molar-refractivity contribution in [3.63, 3.8) is 0 Å². The van der Waals surface area contributed by atoms with Crippen LogP contribution in [-0.2, 0) is 20.2 Å². The van der Waals surface area contributed by atoms with Crippen LogP contribution in [0.25, 0.3) is 0 Å². The van der Waals surface area contributed by atoms with Crippen LogP contribution in [-0.4, -0.2) is 31.8 Å². The number of hydrogen-bond donors (Lipinski definition) is 0. The lowest BCUT2D eigenvalue weighted by Crippen LogP contribution is -2.31. The highest BCUT2D eigenvalue weighted by atomic mass is 32.2. The molecule has 5 nitrogen and oxygen atoms in total. The Labute approximate surface area is 118 Å². The van der Waals surface area contributed by atoms with E-state index in [0.29, 0.717) is 0 Å². The Morgan fingerprint density at radius 3 is 2.00 bits per heavy atom. The van der Waals surface area contributed by atoms with Crippen LogP contribution in [0.4, 0.5) is 35.5 Å². The number of hydrogen-bond acceptors (Lipinski definition) is 5. The minimum Gasteiger partial charge on any atom is -0.256 e. The second-order valence-corrected chi connectivity index (χ2v) is 4.91. The van der Waals surface area contributed by atoms with Crippen LogP contribution in [0.1, 0.15) is 5.69 Å². The monoisotopic (exact) mass is 357 g/mol. The van der Waals surface area contributed by atoms with Crippen LogP contribution >= 0.6 is 0 Å². The van der Waals surface area contributed by atoms with Crippen molar-refractivity contribution < 1.29 is 48.1 Å². The zero-order valence-electron chi connectivity index (χ0n) is 10.2. The maximum absolute atomic E-state index is 13.3. The van der Waals surface area contributed by atoms with Gasteiger partial charge in [-0.25, -0.2) is 4.79 Å². The summed E-state index contributed by atoms with van der Waals surface area (Å²) < 4.78 is 106. The van der Waals surface area contributed by atoms with Crippen molar-refractivity contribution >= 4 is 16.4 Å². The van der Waals surface area contributed by atoms with E-state index in [1.165, 1.54) is 12.1 Å². The summed E-state index contributed by atoms with van der Waals surface area (Å²) in [5.41, 5.74) is -6.63. The summed E-state index contributed by atoms with van der Waals surface area (Å²) in [5, 5.41) is 0. The molecular weight excluding hydrogens is 351 g/mol. The topological polar surface area (TPSA) is 73.3 Å². The summed E-state index contributed by atoms with van der Waals surface area (Å²) in [5.74, 6) is -3.94. The van der Waals surface area contributed by atoms with Crippen molar-refractivity contribution in [2.24, 2.45) is 0 Å². The van der Waals surface area contributed by atoms with Gasteiger partial charge in [-0.05, 0) is 12.1 Å². The van der Waals surface area contributed by atoms with Gasteiger partial charge in [0, 0.05) is 6.20 Å². The summed E-state index contributed by atoms with van der Waals surface area (Å²) in [6, 6.07) is 3.32. The summed E-state index contributed by atoms with van der Waals surface area (Å²) >= 11 is 0. The Bertz CT molecular complexity index is 584. The van der Waals surface area contributed by atoms with Crippen LogP contribution in [0, 0.1) is 0 Å². The van der Waals surface area contributed by atoms with Gasteiger partial charge in [0.2, 0.25) is 0 Å². The van der Waals surface area contributed by atoms with Crippen LogP contribution in [0.3, 0.4) is 0 Å². The van der Waals surface area contributed by atoms with E-state index in [4.69, 9.17) is 4.79 Å². The van der Waals surface area contributed by atoms with Crippen LogP contribution in [0.15, 0.2) is 24.4 Å². The quantitative estimate of drug-likeness (QED) is 0.358. The van der Waals surface area contributed by atoms with Gasteiger partial charge < -0.3 is 0 Å². The standard InChI is InChI=1S/C8H6F5NO3S.CF2O/c9-7(10,6-3-1-2-4-14-6)5-17-18(15,16)8(11,12)13;2-1(3)4/h1-4H,5H2;. The van der Waals surface area contributed by atoms with E-state index in [1.807, 2.05) is 0 Å². The lowest BCUT2D eigenvalue weighted by Gasteiger charge is -2.16. The number of carbonyl (C=O) groups is 1. The molecule has 1 rings (SSSR count). The smallest absolute Gasteiger partial charge is 0.256 e. The van der Waals surface area contributed by atoms with Crippen molar-refractivity contribution in [1.82, 2.24) is 4.98 Å². The van der Waals surface area contributed by atoms with Gasteiger partial charge in [-0.1, -0.05) is 6.07 Å². The molecule has 1 aromatic heterocycles. The molecule has 13 heteroatoms. The average molecular weight is 357 g/mol. The predicted octanol–water partition coefficient (Wildman–Crippen LogP) is 3.09. The fraction of sp³-hybridized carbons (Fsp3) is 0.333. The number of alkyl halides is 5. The van der Waals surface area contributed by atoms with E-state index < -0.39 is 40.1 Å². The SMILES string of the molecule is O=C(F)F.O=S(=O)(OCC(F)(F)c1ccccn1)C(F)(F)F. The zero-order chi connectivity index (χ0) is 17.6. The molecular formula is C9H6F7NO4S. The molecule has 0 fully saturated rings. The molecule has 0 amide bonds. The maximum Gasteiger partial charge on any atom is 0.523 e. The molecule has 1 heterocycles. The zero-order valence-corrected chi connectivity index (χ0v) is 11.0. The lowest BCUT2D eigenvalue weighted by molar-refractivity contribution is -0.0762. The van der Waals surface area contributed by atoms with E-state index in [0.717, 1.165) is 12.3 Å². The van der Waals surface area contributed by atoms with Crippen LogP contribution < -0.4 is 0 Å². The number of pyridine rings is 1. The van der Waals surface area contributed by atoms with Gasteiger partial charge in [0.1, 0.15) is 12.3 Å². The summed E-state index contributed by atoms with van der Waals surface area (Å²) in [6.45, 7) is -1.97. The second-order valence-electron chi connectivity index (χ2n) is 3.31. The third kappa shape index (κ3) is 6.80. The van der Waals surface area contributed by atoms with Crippen molar-refractivity contribution in [2.75, 3.05) is 6.61 Å². The van der Waals surface area contributed by atoms with E-state index in [2.05, 4.69) is 9.17 Å². The summed E-state index contributed by atoms with van der Waals surface area (Å²) in [7, 11) is -6.05. The molecule has 1 aromatic rings. The van der Waals surface area contributed by atoms with Crippen molar-refractivity contribution in [1.29, 1.82) is 0 Å². The van der Waals surface area contributed by atoms with Gasteiger partial charge in [0.25, 0.3) is 0 Å². The van der Waals surface area contributed by atoms with Crippen molar-refractivity contribution in [2.45, 2.75) is 11.4 Å². The fourth-order valence-corrected chi connectivity index (χ4v) is 1.31. The average Bonchev–Trinajstić information content (AvgIpc) is 2.36. The summed E-state index contributed by atoms with van der Waals surface area (Å²) in [4.78, 5) is 11.3. The summed E-state index contributed by atoms with van der Waals surface area (Å²) in [6.07, 6.45) is -1.85. The molecule has 0 saturated heterocycles. The Kier molecular flexibility index (Phi) is 6.89. The molecule has 0 aliphatic heterocycles. The highest BCUT2D eigenvalue weighted by Crippen LogP contribution is 2.30. The maximum atomic E-state index is 13.3. The van der Waals surface area contributed by atoms with E-state index >= 15 is 0 Å². The van der Waals surface area contributed by atoms with Crippen LogP contribution in [0.5, 0.6) is 0 Å². The molecule has 0 atom stereocenters. The molecule has 0 saturated carbocycles. The minimum atomic E-state index is -6.05. The first-order valence-corrected chi connectivity index (χ1v) is 6.30. The largest absolute Gasteiger partial charge is 0.523 e. The molecule has 0 unspecified atom stereocenters. The third-order valence-corrected chi connectivity index (χ3v) is 2.71. The molecule has 0 aliphatic carbocycles. The normalized spacial score (nSPS) is 12.3. The van der Waals surface area contributed by atoms with Gasteiger partial charge in [0.05, 0.1) is 0 Å². The first-order chi connectivity index (χ1) is 9.79. The molecule has 0 aromatic carbocycles. The molecule has 0 N–H and O–H groups in total. The van der Waals surface area contributed by atoms with Gasteiger partial charge in [-0.3, -0.25) is 9.17 Å². The van der Waals surface area contributed by atoms with Crippen molar-refractivity contribution in [3.05, 3.63) is 30.1 Å². The Morgan fingerprint density at radius 2 is 1.64 bits per heavy atom. The van der Waals surface area contributed by atoms with E-state index in [1.54, 1.807) is 0 Å². The molecule has 126 valence electrons. The Balaban J connectivity index is 0.000000980. The van der Waals surface area contributed by atoms with Gasteiger partial charge in [-0.2, -0.15) is 30.4 Å². The molecule has 22 heavy (non-hydrogen) atoms. The van der Waals surface area contributed by atoms with Crippen LogP contribution in [0.2, 0.25) is 0 Å². The lowest BCUT2D eigenvalue weighted by atomic mass is 10.2. The first-order valence-electron chi connectivity index (χ1n) is 4.89. The molecule has 0 aliphatic rings. The third-order valence-electron chi connectivity index (χ3n) is 1.72. The van der Waals surface area contributed by atoms with Gasteiger partial charge >= 0.3 is 27.8 Å². The number of rotatable bonds is 4. The van der Waals surface area contributed by atoms with E-state index in [-0.39, 0.29) is 0 Å². The Hall–Kier alpha value is -1.76. The highest BCUT2D eigenvalue weighted by molar-refractivity contribution is 7.87. The van der Waals surface area contributed by atoms with Gasteiger partial charge in [0.15, 0.2) is 0 Å². The van der Waals surface area contributed by atoms with E-state index in [9.17, 15) is 39.2 Å². The minimum absolute atomic E-state index is 0.837. The number of aromatic nitrogens is 1. The predicted molar refractivity (Wildman–Crippen MR) is 56.7 cm³/mol. The van der Waals surface area contributed by atoms with Gasteiger partial charge in [-0.15, -0.1) is 8.78 Å². The highest BCUT2D eigenvalue weighted by Gasteiger charge is 2.49.